The second-order valence-corrected chi connectivity index (χ2v) is 8.61. The van der Waals surface area contributed by atoms with Gasteiger partial charge in [0.2, 0.25) is 0 Å². The number of methoxy groups -OCH3 is 1. The van der Waals surface area contributed by atoms with Crippen LogP contribution in [0.1, 0.15) is 45.7 Å². The number of carbonyl (C=O) groups is 1. The highest BCUT2D eigenvalue weighted by molar-refractivity contribution is 7.13. The van der Waals surface area contributed by atoms with Gasteiger partial charge in [-0.25, -0.2) is 4.98 Å². The minimum absolute atomic E-state index is 0.108. The van der Waals surface area contributed by atoms with Gasteiger partial charge in [-0.3, -0.25) is 9.69 Å². The van der Waals surface area contributed by atoms with Crippen LogP contribution in [0.3, 0.4) is 0 Å². The Morgan fingerprint density at radius 2 is 2.00 bits per heavy atom. The van der Waals surface area contributed by atoms with E-state index in [9.17, 15) is 4.79 Å². The normalized spacial score (nSPS) is 15.4. The Kier molecular flexibility index (Phi) is 6.40. The topological polar surface area (TPSA) is 45.7 Å². The van der Waals surface area contributed by atoms with E-state index >= 15 is 0 Å². The van der Waals surface area contributed by atoms with Gasteiger partial charge in [-0.15, -0.1) is 11.3 Å². The summed E-state index contributed by atoms with van der Waals surface area (Å²) >= 11 is 7.66. The van der Waals surface area contributed by atoms with E-state index in [0.29, 0.717) is 10.9 Å². The summed E-state index contributed by atoms with van der Waals surface area (Å²) in [6, 6.07) is 5.69. The number of benzene rings is 1. The van der Waals surface area contributed by atoms with Crippen molar-refractivity contribution in [2.24, 2.45) is 0 Å². The minimum atomic E-state index is 0.108. The molecule has 27 heavy (non-hydrogen) atoms. The van der Waals surface area contributed by atoms with E-state index in [0.717, 1.165) is 59.6 Å². The van der Waals surface area contributed by atoms with E-state index in [2.05, 4.69) is 23.7 Å². The molecular weight excluding hydrogens is 382 g/mol. The van der Waals surface area contributed by atoms with Gasteiger partial charge in [0, 0.05) is 49.2 Å². The number of hydrogen-bond donors (Lipinski definition) is 0. The number of aromatic nitrogens is 1. The van der Waals surface area contributed by atoms with Crippen molar-refractivity contribution in [1.29, 1.82) is 0 Å². The fraction of sp³-hybridized carbons (Fsp3) is 0.500. The van der Waals surface area contributed by atoms with Crippen LogP contribution in [-0.4, -0.2) is 54.0 Å². The van der Waals surface area contributed by atoms with Gasteiger partial charge in [0.25, 0.3) is 5.91 Å². The summed E-state index contributed by atoms with van der Waals surface area (Å²) in [5, 5.41) is 1.74. The molecule has 0 bridgehead atoms. The molecule has 0 atom stereocenters. The number of piperazine rings is 1. The molecule has 1 aromatic carbocycles. The Morgan fingerprint density at radius 3 is 2.59 bits per heavy atom. The van der Waals surface area contributed by atoms with Gasteiger partial charge in [0.1, 0.15) is 10.6 Å². The third kappa shape index (κ3) is 4.62. The predicted molar refractivity (Wildman–Crippen MR) is 110 cm³/mol. The van der Waals surface area contributed by atoms with Crippen LogP contribution in [0.15, 0.2) is 18.2 Å². The number of ether oxygens (including phenoxy) is 1. The molecule has 146 valence electrons. The molecular formula is C20H26ClN3O2S. The van der Waals surface area contributed by atoms with Crippen molar-refractivity contribution in [3.05, 3.63) is 44.4 Å². The number of rotatable bonds is 5. The lowest BCUT2D eigenvalue weighted by Gasteiger charge is -2.34. The third-order valence-corrected chi connectivity index (χ3v) is 6.48. The molecule has 2 aromatic rings. The van der Waals surface area contributed by atoms with Gasteiger partial charge in [-0.1, -0.05) is 25.4 Å². The molecule has 1 aromatic heterocycles. The summed E-state index contributed by atoms with van der Waals surface area (Å²) in [6.45, 7) is 10.0. The smallest absolute Gasteiger partial charge is 0.265 e. The van der Waals surface area contributed by atoms with Gasteiger partial charge < -0.3 is 9.64 Å². The first-order valence-electron chi connectivity index (χ1n) is 9.20. The van der Waals surface area contributed by atoms with Crippen molar-refractivity contribution >= 4 is 28.8 Å². The predicted octanol–water partition coefficient (Wildman–Crippen LogP) is 4.19. The average molecular weight is 408 g/mol. The van der Waals surface area contributed by atoms with Crippen molar-refractivity contribution in [3.8, 4) is 5.75 Å². The molecule has 7 heteroatoms. The summed E-state index contributed by atoms with van der Waals surface area (Å²) in [5.74, 6) is 1.30. The number of halogens is 1. The molecule has 0 unspecified atom stereocenters. The molecule has 1 saturated heterocycles. The van der Waals surface area contributed by atoms with Crippen molar-refractivity contribution in [2.45, 2.75) is 33.2 Å². The third-order valence-electron chi connectivity index (χ3n) is 4.80. The lowest BCUT2D eigenvalue weighted by Crippen LogP contribution is -2.48. The van der Waals surface area contributed by atoms with Crippen LogP contribution in [0.25, 0.3) is 0 Å². The highest BCUT2D eigenvalue weighted by Crippen LogP contribution is 2.27. The first-order valence-corrected chi connectivity index (χ1v) is 10.4. The quantitative estimate of drug-likeness (QED) is 0.745. The molecule has 0 saturated carbocycles. The summed E-state index contributed by atoms with van der Waals surface area (Å²) in [6.07, 6.45) is 0. The lowest BCUT2D eigenvalue weighted by molar-refractivity contribution is 0.0631. The highest BCUT2D eigenvalue weighted by atomic mass is 35.5. The first kappa shape index (κ1) is 20.1. The van der Waals surface area contributed by atoms with Crippen LogP contribution in [0.4, 0.5) is 0 Å². The molecule has 3 rings (SSSR count). The van der Waals surface area contributed by atoms with Crippen LogP contribution < -0.4 is 4.74 Å². The Bertz CT molecular complexity index is 814. The number of amides is 1. The van der Waals surface area contributed by atoms with Gasteiger partial charge in [0.05, 0.1) is 17.8 Å². The maximum Gasteiger partial charge on any atom is 0.265 e. The standard InChI is InChI=1S/C20H26ClN3O2S/c1-13(2)19-22-14(3)18(27-19)20(25)24-9-7-23(8-10-24)12-15-11-16(21)5-6-17(15)26-4/h5-6,11,13H,7-10,12H2,1-4H3. The number of thiazole rings is 1. The van der Waals surface area contributed by atoms with Crippen LogP contribution in [0.2, 0.25) is 5.02 Å². The van der Waals surface area contributed by atoms with Gasteiger partial charge in [-0.05, 0) is 25.1 Å². The zero-order valence-electron chi connectivity index (χ0n) is 16.3. The van der Waals surface area contributed by atoms with Gasteiger partial charge in [-0.2, -0.15) is 0 Å². The van der Waals surface area contributed by atoms with Crippen LogP contribution in [0.5, 0.6) is 5.75 Å². The Balaban J connectivity index is 1.62. The summed E-state index contributed by atoms with van der Waals surface area (Å²) in [5.41, 5.74) is 1.92. The molecule has 0 N–H and O–H groups in total. The largest absolute Gasteiger partial charge is 0.496 e. The molecule has 0 radical (unpaired) electrons. The first-order chi connectivity index (χ1) is 12.9. The Labute approximate surface area is 169 Å². The minimum Gasteiger partial charge on any atom is -0.496 e. The van der Waals surface area contributed by atoms with Crippen LogP contribution in [-0.2, 0) is 6.54 Å². The van der Waals surface area contributed by atoms with Crippen molar-refractivity contribution in [3.63, 3.8) is 0 Å². The number of carbonyl (C=O) groups excluding carboxylic acids is 1. The van der Waals surface area contributed by atoms with Crippen molar-refractivity contribution in [2.75, 3.05) is 33.3 Å². The second-order valence-electron chi connectivity index (χ2n) is 7.15. The molecule has 0 spiro atoms. The van der Waals surface area contributed by atoms with Gasteiger partial charge >= 0.3 is 0 Å². The van der Waals surface area contributed by atoms with E-state index in [1.165, 1.54) is 11.3 Å². The summed E-state index contributed by atoms with van der Waals surface area (Å²) < 4.78 is 5.44. The van der Waals surface area contributed by atoms with Crippen LogP contribution >= 0.6 is 22.9 Å². The van der Waals surface area contributed by atoms with E-state index in [1.54, 1.807) is 7.11 Å². The Hall–Kier alpha value is -1.63. The fourth-order valence-corrected chi connectivity index (χ4v) is 4.46. The molecule has 1 fully saturated rings. The molecule has 1 aliphatic heterocycles. The fourth-order valence-electron chi connectivity index (χ4n) is 3.23. The Morgan fingerprint density at radius 1 is 1.30 bits per heavy atom. The SMILES string of the molecule is COc1ccc(Cl)cc1CN1CCN(C(=O)c2sc(C(C)C)nc2C)CC1. The second kappa shape index (κ2) is 8.59. The number of hydrogen-bond acceptors (Lipinski definition) is 5. The molecule has 5 nitrogen and oxygen atoms in total. The summed E-state index contributed by atoms with van der Waals surface area (Å²) in [4.78, 5) is 22.5. The highest BCUT2D eigenvalue weighted by Gasteiger charge is 2.26. The van der Waals surface area contributed by atoms with Crippen molar-refractivity contribution in [1.82, 2.24) is 14.8 Å². The molecule has 0 aliphatic carbocycles. The summed E-state index contributed by atoms with van der Waals surface area (Å²) in [7, 11) is 1.67. The zero-order valence-corrected chi connectivity index (χ0v) is 17.9. The van der Waals surface area contributed by atoms with Crippen LogP contribution in [0, 0.1) is 6.92 Å². The molecule has 2 heterocycles. The molecule has 1 amide bonds. The number of nitrogens with zero attached hydrogens (tertiary/aromatic N) is 3. The number of aryl methyl sites for hydroxylation is 1. The van der Waals surface area contributed by atoms with E-state index in [-0.39, 0.29) is 5.91 Å². The monoisotopic (exact) mass is 407 g/mol. The molecule has 1 aliphatic rings. The maximum atomic E-state index is 12.9. The van der Waals surface area contributed by atoms with Gasteiger partial charge in [0.15, 0.2) is 0 Å². The lowest BCUT2D eigenvalue weighted by atomic mass is 10.1. The average Bonchev–Trinajstić information content (AvgIpc) is 3.04. The van der Waals surface area contributed by atoms with E-state index < -0.39 is 0 Å². The zero-order chi connectivity index (χ0) is 19.6. The maximum absolute atomic E-state index is 12.9. The van der Waals surface area contributed by atoms with E-state index in [4.69, 9.17) is 16.3 Å². The van der Waals surface area contributed by atoms with Crippen molar-refractivity contribution < 1.29 is 9.53 Å². The van der Waals surface area contributed by atoms with E-state index in [1.807, 2.05) is 30.0 Å².